The van der Waals surface area contributed by atoms with Crippen LogP contribution in [0.3, 0.4) is 0 Å². The molecule has 0 aliphatic rings. The second-order valence-electron chi connectivity index (χ2n) is 4.99. The van der Waals surface area contributed by atoms with Gasteiger partial charge in [-0.15, -0.1) is 0 Å². The van der Waals surface area contributed by atoms with Crippen molar-refractivity contribution in [3.8, 4) is 0 Å². The van der Waals surface area contributed by atoms with E-state index in [1.165, 1.54) is 19.3 Å². The van der Waals surface area contributed by atoms with E-state index < -0.39 is 0 Å². The Hall–Kier alpha value is -0.770. The van der Waals surface area contributed by atoms with Gasteiger partial charge in [0.1, 0.15) is 0 Å². The maximum absolute atomic E-state index is 4.32. The molecule has 4 nitrogen and oxygen atoms in total. The van der Waals surface area contributed by atoms with Gasteiger partial charge in [-0.2, -0.15) is 0 Å². The summed E-state index contributed by atoms with van der Waals surface area (Å²) < 4.78 is 0. The van der Waals surface area contributed by atoms with E-state index in [1.807, 2.05) is 7.05 Å². The molecule has 0 saturated heterocycles. The van der Waals surface area contributed by atoms with Crippen LogP contribution in [0.15, 0.2) is 4.99 Å². The summed E-state index contributed by atoms with van der Waals surface area (Å²) in [7, 11) is 6.13. The first-order valence-electron chi connectivity index (χ1n) is 7.18. The van der Waals surface area contributed by atoms with Gasteiger partial charge in [0.15, 0.2) is 5.96 Å². The van der Waals surface area contributed by atoms with Crippen LogP contribution in [0.2, 0.25) is 0 Å². The maximum Gasteiger partial charge on any atom is 0.193 e. The van der Waals surface area contributed by atoms with Crippen LogP contribution < -0.4 is 5.32 Å². The van der Waals surface area contributed by atoms with Crippen molar-refractivity contribution in [2.45, 2.75) is 46.1 Å². The highest BCUT2D eigenvalue weighted by molar-refractivity contribution is 5.79. The van der Waals surface area contributed by atoms with Gasteiger partial charge in [0.25, 0.3) is 0 Å². The molecule has 0 aromatic rings. The van der Waals surface area contributed by atoms with Crippen molar-refractivity contribution in [3.63, 3.8) is 0 Å². The van der Waals surface area contributed by atoms with Crippen molar-refractivity contribution in [1.29, 1.82) is 0 Å². The molecule has 0 radical (unpaired) electrons. The highest BCUT2D eigenvalue weighted by atomic mass is 15.3. The third kappa shape index (κ3) is 6.84. The number of likely N-dealkylation sites (N-methyl/N-ethyl adjacent to an activating group) is 1. The van der Waals surface area contributed by atoms with E-state index in [4.69, 9.17) is 0 Å². The summed E-state index contributed by atoms with van der Waals surface area (Å²) in [4.78, 5) is 8.90. The van der Waals surface area contributed by atoms with Crippen LogP contribution in [0, 0.1) is 0 Å². The Morgan fingerprint density at radius 1 is 1.22 bits per heavy atom. The van der Waals surface area contributed by atoms with Crippen LogP contribution >= 0.6 is 0 Å². The first-order chi connectivity index (χ1) is 8.56. The van der Waals surface area contributed by atoms with Gasteiger partial charge in [-0.3, -0.25) is 4.99 Å². The van der Waals surface area contributed by atoms with E-state index in [1.54, 1.807) is 0 Å². The first-order valence-corrected chi connectivity index (χ1v) is 7.18. The van der Waals surface area contributed by atoms with Gasteiger partial charge < -0.3 is 15.1 Å². The molecule has 0 spiro atoms. The van der Waals surface area contributed by atoms with Crippen LogP contribution in [-0.4, -0.2) is 62.6 Å². The molecule has 0 aliphatic carbocycles. The molecule has 0 heterocycles. The standard InChI is InChI=1S/C14H32N4/c1-7-9-11-18(6)14(15-4)16-10-12-17(5)13(3)8-2/h13H,7-12H2,1-6H3,(H,15,16). The number of nitrogens with one attached hydrogen (secondary N) is 1. The number of rotatable bonds is 8. The van der Waals surface area contributed by atoms with E-state index >= 15 is 0 Å². The lowest BCUT2D eigenvalue weighted by molar-refractivity contribution is 0.255. The number of aliphatic imine (C=N–C) groups is 1. The van der Waals surface area contributed by atoms with E-state index in [0.29, 0.717) is 6.04 Å². The lowest BCUT2D eigenvalue weighted by atomic mass is 10.2. The summed E-state index contributed by atoms with van der Waals surface area (Å²) >= 11 is 0. The number of unbranched alkanes of at least 4 members (excludes halogenated alkanes) is 1. The fourth-order valence-electron chi connectivity index (χ4n) is 1.76. The predicted octanol–water partition coefficient (Wildman–Crippen LogP) is 2.02. The van der Waals surface area contributed by atoms with Crippen LogP contribution in [0.25, 0.3) is 0 Å². The SMILES string of the molecule is CCCCN(C)C(=NC)NCCN(C)C(C)CC. The van der Waals surface area contributed by atoms with E-state index in [0.717, 1.165) is 25.6 Å². The Balaban J connectivity index is 3.94. The Labute approximate surface area is 113 Å². The number of hydrogen-bond donors (Lipinski definition) is 1. The van der Waals surface area contributed by atoms with Gasteiger partial charge in [-0.1, -0.05) is 20.3 Å². The second-order valence-corrected chi connectivity index (χ2v) is 4.99. The van der Waals surface area contributed by atoms with Crippen molar-refractivity contribution in [2.75, 3.05) is 40.8 Å². The first kappa shape index (κ1) is 17.2. The zero-order valence-corrected chi connectivity index (χ0v) is 13.2. The van der Waals surface area contributed by atoms with Crippen molar-refractivity contribution in [2.24, 2.45) is 4.99 Å². The Bertz CT molecular complexity index is 228. The molecule has 0 bridgehead atoms. The van der Waals surface area contributed by atoms with Gasteiger partial charge in [-0.25, -0.2) is 0 Å². The molecule has 0 rings (SSSR count). The lowest BCUT2D eigenvalue weighted by Crippen LogP contribution is -2.43. The summed E-state index contributed by atoms with van der Waals surface area (Å²) in [5.74, 6) is 1.00. The zero-order chi connectivity index (χ0) is 14.0. The van der Waals surface area contributed by atoms with Crippen molar-refractivity contribution in [1.82, 2.24) is 15.1 Å². The Morgan fingerprint density at radius 2 is 1.89 bits per heavy atom. The molecular weight excluding hydrogens is 224 g/mol. The molecule has 1 N–H and O–H groups in total. The summed E-state index contributed by atoms with van der Waals surface area (Å²) in [6.07, 6.45) is 3.63. The monoisotopic (exact) mass is 256 g/mol. The average Bonchev–Trinajstić information content (AvgIpc) is 2.39. The van der Waals surface area contributed by atoms with Crippen LogP contribution in [-0.2, 0) is 0 Å². The molecule has 4 heteroatoms. The van der Waals surface area contributed by atoms with Gasteiger partial charge in [0.05, 0.1) is 0 Å². The minimum atomic E-state index is 0.645. The van der Waals surface area contributed by atoms with Crippen LogP contribution in [0.5, 0.6) is 0 Å². The smallest absolute Gasteiger partial charge is 0.193 e. The summed E-state index contributed by atoms with van der Waals surface area (Å²) in [6.45, 7) is 9.77. The van der Waals surface area contributed by atoms with Crippen molar-refractivity contribution in [3.05, 3.63) is 0 Å². The topological polar surface area (TPSA) is 30.9 Å². The van der Waals surface area contributed by atoms with E-state index in [9.17, 15) is 0 Å². The molecule has 0 aromatic heterocycles. The molecular formula is C14H32N4. The van der Waals surface area contributed by atoms with Crippen molar-refractivity contribution >= 4 is 5.96 Å². The minimum absolute atomic E-state index is 0.645. The predicted molar refractivity (Wildman–Crippen MR) is 81.3 cm³/mol. The van der Waals surface area contributed by atoms with Gasteiger partial charge in [-0.05, 0) is 26.8 Å². The molecule has 1 unspecified atom stereocenters. The second kappa shape index (κ2) is 10.2. The summed E-state index contributed by atoms with van der Waals surface area (Å²) in [6, 6.07) is 0.645. The van der Waals surface area contributed by atoms with E-state index in [2.05, 4.69) is 55.0 Å². The Morgan fingerprint density at radius 3 is 2.39 bits per heavy atom. The maximum atomic E-state index is 4.32. The largest absolute Gasteiger partial charge is 0.355 e. The minimum Gasteiger partial charge on any atom is -0.355 e. The van der Waals surface area contributed by atoms with Gasteiger partial charge in [0.2, 0.25) is 0 Å². The van der Waals surface area contributed by atoms with Crippen LogP contribution in [0.4, 0.5) is 0 Å². The normalized spacial score (nSPS) is 13.8. The quantitative estimate of drug-likeness (QED) is 0.532. The highest BCUT2D eigenvalue weighted by Gasteiger charge is 2.08. The number of nitrogens with zero attached hydrogens (tertiary/aromatic N) is 3. The fourth-order valence-corrected chi connectivity index (χ4v) is 1.76. The molecule has 0 aromatic carbocycles. The average molecular weight is 256 g/mol. The molecule has 0 aliphatic heterocycles. The van der Waals surface area contributed by atoms with Crippen molar-refractivity contribution < 1.29 is 0 Å². The molecule has 0 saturated carbocycles. The molecule has 0 fully saturated rings. The van der Waals surface area contributed by atoms with Gasteiger partial charge >= 0.3 is 0 Å². The number of hydrogen-bond acceptors (Lipinski definition) is 2. The highest BCUT2D eigenvalue weighted by Crippen LogP contribution is 1.98. The number of guanidine groups is 1. The molecule has 18 heavy (non-hydrogen) atoms. The molecule has 0 amide bonds. The summed E-state index contributed by atoms with van der Waals surface area (Å²) in [5.41, 5.74) is 0. The zero-order valence-electron chi connectivity index (χ0n) is 13.2. The third-order valence-corrected chi connectivity index (χ3v) is 3.51. The molecule has 108 valence electrons. The molecule has 1 atom stereocenters. The Kier molecular flexibility index (Phi) is 9.74. The van der Waals surface area contributed by atoms with Crippen LogP contribution in [0.1, 0.15) is 40.0 Å². The fraction of sp³-hybridized carbons (Fsp3) is 0.929. The lowest BCUT2D eigenvalue weighted by Gasteiger charge is -2.26. The van der Waals surface area contributed by atoms with Gasteiger partial charge in [0, 0.05) is 39.8 Å². The summed E-state index contributed by atoms with van der Waals surface area (Å²) in [5, 5.41) is 3.42. The third-order valence-electron chi connectivity index (χ3n) is 3.51. The van der Waals surface area contributed by atoms with E-state index in [-0.39, 0.29) is 0 Å².